The maximum atomic E-state index is 3.55. The van der Waals surface area contributed by atoms with Gasteiger partial charge >= 0.3 is 0 Å². The van der Waals surface area contributed by atoms with Crippen LogP contribution in [0.4, 0.5) is 0 Å². The third-order valence-electron chi connectivity index (χ3n) is 4.77. The highest BCUT2D eigenvalue weighted by Gasteiger charge is 2.30. The zero-order valence-corrected chi connectivity index (χ0v) is 13.5. The normalized spacial score (nSPS) is 19.1. The van der Waals surface area contributed by atoms with E-state index in [9.17, 15) is 0 Å². The molecule has 0 aromatic heterocycles. The number of hydrogen-bond acceptors (Lipinski definition) is 2. The molecule has 1 aromatic rings. The van der Waals surface area contributed by atoms with Crippen molar-refractivity contribution < 1.29 is 0 Å². The molecule has 2 unspecified atom stereocenters. The minimum Gasteiger partial charge on any atom is -0.312 e. The van der Waals surface area contributed by atoms with Crippen LogP contribution >= 0.6 is 0 Å². The van der Waals surface area contributed by atoms with Gasteiger partial charge in [0.25, 0.3) is 0 Å². The first-order valence-electron chi connectivity index (χ1n) is 8.06. The molecule has 1 aromatic carbocycles. The molecular formula is C18H30N2. The van der Waals surface area contributed by atoms with E-state index in [0.29, 0.717) is 18.0 Å². The number of benzene rings is 1. The molecule has 0 heterocycles. The molecule has 0 bridgehead atoms. The van der Waals surface area contributed by atoms with Crippen molar-refractivity contribution in [1.29, 1.82) is 0 Å². The Kier molecular flexibility index (Phi) is 5.62. The second kappa shape index (κ2) is 7.24. The predicted octanol–water partition coefficient (Wildman–Crippen LogP) is 3.70. The molecule has 1 N–H and O–H groups in total. The Morgan fingerprint density at radius 1 is 1.20 bits per heavy atom. The molecule has 1 fully saturated rings. The minimum absolute atomic E-state index is 0.404. The smallest absolute Gasteiger partial charge is 0.0478 e. The van der Waals surface area contributed by atoms with E-state index in [1.54, 1.807) is 0 Å². The summed E-state index contributed by atoms with van der Waals surface area (Å²) in [6.07, 6.45) is 4.27. The van der Waals surface area contributed by atoms with Crippen LogP contribution in [0.2, 0.25) is 0 Å². The summed E-state index contributed by atoms with van der Waals surface area (Å²) < 4.78 is 0. The summed E-state index contributed by atoms with van der Waals surface area (Å²) in [6.45, 7) is 5.93. The first kappa shape index (κ1) is 15.5. The Bertz CT molecular complexity index is 384. The minimum atomic E-state index is 0.404. The van der Waals surface area contributed by atoms with Crippen LogP contribution in [0.5, 0.6) is 0 Å². The van der Waals surface area contributed by atoms with Gasteiger partial charge in [-0.15, -0.1) is 0 Å². The van der Waals surface area contributed by atoms with Gasteiger partial charge in [0.15, 0.2) is 0 Å². The number of nitrogens with zero attached hydrogens (tertiary/aromatic N) is 1. The van der Waals surface area contributed by atoms with Crippen LogP contribution in [0.25, 0.3) is 0 Å². The lowest BCUT2D eigenvalue weighted by molar-refractivity contribution is 0.107. The molecule has 2 heteroatoms. The van der Waals surface area contributed by atoms with Crippen molar-refractivity contribution in [2.75, 3.05) is 20.6 Å². The number of nitrogens with one attached hydrogen (secondary N) is 1. The molecule has 1 aliphatic carbocycles. The molecule has 0 spiro atoms. The van der Waals surface area contributed by atoms with E-state index in [4.69, 9.17) is 0 Å². The lowest BCUT2D eigenvalue weighted by Crippen LogP contribution is -2.47. The largest absolute Gasteiger partial charge is 0.312 e. The van der Waals surface area contributed by atoms with Gasteiger partial charge in [-0.05, 0) is 44.3 Å². The van der Waals surface area contributed by atoms with E-state index < -0.39 is 0 Å². The van der Waals surface area contributed by atoms with E-state index in [1.807, 2.05) is 0 Å². The second-order valence-corrected chi connectivity index (χ2v) is 6.65. The fraction of sp³-hybridized carbons (Fsp3) is 0.667. The molecule has 0 amide bonds. The summed E-state index contributed by atoms with van der Waals surface area (Å²) in [6, 6.07) is 11.8. The van der Waals surface area contributed by atoms with Crippen molar-refractivity contribution in [3.8, 4) is 0 Å². The average molecular weight is 274 g/mol. The fourth-order valence-electron chi connectivity index (χ4n) is 3.55. The lowest BCUT2D eigenvalue weighted by Gasteiger charge is -2.41. The van der Waals surface area contributed by atoms with Gasteiger partial charge < -0.3 is 10.2 Å². The van der Waals surface area contributed by atoms with Crippen LogP contribution in [0, 0.1) is 11.8 Å². The van der Waals surface area contributed by atoms with Gasteiger partial charge in [-0.3, -0.25) is 0 Å². The second-order valence-electron chi connectivity index (χ2n) is 6.65. The van der Waals surface area contributed by atoms with Gasteiger partial charge in [0.2, 0.25) is 0 Å². The lowest BCUT2D eigenvalue weighted by atomic mass is 9.83. The zero-order valence-electron chi connectivity index (χ0n) is 13.5. The van der Waals surface area contributed by atoms with Crippen molar-refractivity contribution >= 4 is 0 Å². The van der Waals surface area contributed by atoms with Crippen molar-refractivity contribution in [3.05, 3.63) is 35.9 Å². The Balaban J connectivity index is 2.12. The molecule has 2 nitrogen and oxygen atoms in total. The molecule has 112 valence electrons. The molecule has 1 aliphatic rings. The molecule has 0 aliphatic heterocycles. The highest BCUT2D eigenvalue weighted by molar-refractivity contribution is 5.21. The monoisotopic (exact) mass is 274 g/mol. The fourth-order valence-corrected chi connectivity index (χ4v) is 3.55. The Morgan fingerprint density at radius 3 is 2.30 bits per heavy atom. The summed E-state index contributed by atoms with van der Waals surface area (Å²) in [4.78, 5) is 2.59. The molecule has 20 heavy (non-hydrogen) atoms. The standard InChI is InChI=1S/C18H30N2/c1-14(2)18(20(4)13-15-9-8-10-15)17(19-3)16-11-6-5-7-12-16/h5-7,11-12,14-15,17-19H,8-10,13H2,1-4H3. The van der Waals surface area contributed by atoms with Crippen LogP contribution in [0.1, 0.15) is 44.7 Å². The van der Waals surface area contributed by atoms with E-state index in [-0.39, 0.29) is 0 Å². The Labute approximate surface area is 124 Å². The van der Waals surface area contributed by atoms with Crippen molar-refractivity contribution in [2.24, 2.45) is 11.8 Å². The van der Waals surface area contributed by atoms with E-state index in [0.717, 1.165) is 5.92 Å². The maximum absolute atomic E-state index is 3.55. The quantitative estimate of drug-likeness (QED) is 0.815. The van der Waals surface area contributed by atoms with Crippen molar-refractivity contribution in [2.45, 2.75) is 45.2 Å². The topological polar surface area (TPSA) is 15.3 Å². The third-order valence-corrected chi connectivity index (χ3v) is 4.77. The summed E-state index contributed by atoms with van der Waals surface area (Å²) in [5, 5.41) is 3.55. The van der Waals surface area contributed by atoms with Crippen LogP contribution in [0.15, 0.2) is 30.3 Å². The number of rotatable bonds is 7. The molecule has 0 radical (unpaired) electrons. The predicted molar refractivity (Wildman–Crippen MR) is 86.8 cm³/mol. The van der Waals surface area contributed by atoms with Crippen molar-refractivity contribution in [3.63, 3.8) is 0 Å². The zero-order chi connectivity index (χ0) is 14.5. The molecule has 2 atom stereocenters. The molecule has 2 rings (SSSR count). The first-order valence-corrected chi connectivity index (χ1v) is 8.06. The van der Waals surface area contributed by atoms with Gasteiger partial charge in [0.1, 0.15) is 0 Å². The SMILES string of the molecule is CNC(c1ccccc1)C(C(C)C)N(C)CC1CCC1. The van der Waals surface area contributed by atoms with E-state index in [1.165, 1.54) is 31.4 Å². The van der Waals surface area contributed by atoms with Gasteiger partial charge in [-0.2, -0.15) is 0 Å². The van der Waals surface area contributed by atoms with E-state index in [2.05, 4.69) is 68.5 Å². The number of likely N-dealkylation sites (N-methyl/N-ethyl adjacent to an activating group) is 2. The van der Waals surface area contributed by atoms with Gasteiger partial charge in [0.05, 0.1) is 0 Å². The highest BCUT2D eigenvalue weighted by atomic mass is 15.2. The average Bonchev–Trinajstić information content (AvgIpc) is 2.40. The van der Waals surface area contributed by atoms with Crippen LogP contribution < -0.4 is 5.32 Å². The maximum Gasteiger partial charge on any atom is 0.0478 e. The summed E-state index contributed by atoms with van der Waals surface area (Å²) in [7, 11) is 4.39. The van der Waals surface area contributed by atoms with E-state index >= 15 is 0 Å². The number of hydrogen-bond donors (Lipinski definition) is 1. The van der Waals surface area contributed by atoms with Gasteiger partial charge in [-0.1, -0.05) is 50.6 Å². The van der Waals surface area contributed by atoms with Crippen LogP contribution in [-0.2, 0) is 0 Å². The summed E-state index contributed by atoms with van der Waals surface area (Å²) in [5.41, 5.74) is 1.40. The molecule has 1 saturated carbocycles. The first-order chi connectivity index (χ1) is 9.63. The Hall–Kier alpha value is -0.860. The summed E-state index contributed by atoms with van der Waals surface area (Å²) in [5.74, 6) is 1.56. The van der Waals surface area contributed by atoms with Crippen LogP contribution in [-0.4, -0.2) is 31.6 Å². The molecular weight excluding hydrogens is 244 g/mol. The Morgan fingerprint density at radius 2 is 1.85 bits per heavy atom. The summed E-state index contributed by atoms with van der Waals surface area (Å²) >= 11 is 0. The van der Waals surface area contributed by atoms with Gasteiger partial charge in [-0.25, -0.2) is 0 Å². The third kappa shape index (κ3) is 3.62. The van der Waals surface area contributed by atoms with Crippen LogP contribution in [0.3, 0.4) is 0 Å². The van der Waals surface area contributed by atoms with Crippen molar-refractivity contribution in [1.82, 2.24) is 10.2 Å². The van der Waals surface area contributed by atoms with Gasteiger partial charge in [0, 0.05) is 18.6 Å². The highest BCUT2D eigenvalue weighted by Crippen LogP contribution is 2.31. The molecule has 0 saturated heterocycles.